The molecule has 0 spiro atoms. The maximum Gasteiger partial charge on any atom is 0.223 e. The number of halogens is 1. The van der Waals surface area contributed by atoms with E-state index in [1.54, 1.807) is 24.4 Å². The summed E-state index contributed by atoms with van der Waals surface area (Å²) < 4.78 is 21.5. The summed E-state index contributed by atoms with van der Waals surface area (Å²) in [5, 5.41) is 13.3. The highest BCUT2D eigenvalue weighted by Crippen LogP contribution is 2.27. The third kappa shape index (κ3) is 3.73. The van der Waals surface area contributed by atoms with E-state index in [4.69, 9.17) is 4.74 Å². The molecule has 0 amide bonds. The number of nitrogens with one attached hydrogen (secondary N) is 1. The molecular weight excluding hydrogens is 375 g/mol. The summed E-state index contributed by atoms with van der Waals surface area (Å²) in [6, 6.07) is 7.52. The van der Waals surface area contributed by atoms with Crippen LogP contribution in [-0.2, 0) is 4.74 Å². The van der Waals surface area contributed by atoms with Crippen LogP contribution in [0.1, 0.15) is 26.3 Å². The molecule has 29 heavy (non-hydrogen) atoms. The Labute approximate surface area is 167 Å². The lowest BCUT2D eigenvalue weighted by atomic mass is 10.1. The average molecular weight is 398 g/mol. The molecular formula is C21H23FN4O3. The summed E-state index contributed by atoms with van der Waals surface area (Å²) in [5.74, 6) is -0.178. The van der Waals surface area contributed by atoms with Gasteiger partial charge >= 0.3 is 0 Å². The van der Waals surface area contributed by atoms with Crippen molar-refractivity contribution in [3.8, 4) is 11.4 Å². The van der Waals surface area contributed by atoms with Crippen LogP contribution in [0.3, 0.4) is 0 Å². The molecule has 0 saturated carbocycles. The zero-order valence-corrected chi connectivity index (χ0v) is 16.3. The standard InChI is InChI=1S/C21H23FN4O3/c1-12(2)26-16-5-3-4-13(22)20(16)18(27)10-17(26)14-6-8-23-21(24-14)25-15-7-9-29-11-19(15)28/h3-6,8,10,12,15,19,28H,7,9,11H2,1-2H3,(H,23,24,25)/t15-,19-/m1/s1. The maximum atomic E-state index is 14.3. The largest absolute Gasteiger partial charge is 0.389 e. The Balaban J connectivity index is 1.81. The molecule has 3 aromatic rings. The van der Waals surface area contributed by atoms with E-state index in [0.717, 1.165) is 0 Å². The molecule has 0 unspecified atom stereocenters. The molecule has 1 aromatic carbocycles. The molecule has 1 aliphatic rings. The smallest absolute Gasteiger partial charge is 0.223 e. The van der Waals surface area contributed by atoms with E-state index >= 15 is 0 Å². The Morgan fingerprint density at radius 2 is 2.17 bits per heavy atom. The van der Waals surface area contributed by atoms with Crippen molar-refractivity contribution in [3.63, 3.8) is 0 Å². The fraction of sp³-hybridized carbons (Fsp3) is 0.381. The zero-order chi connectivity index (χ0) is 20.5. The minimum absolute atomic E-state index is 0.0291. The van der Waals surface area contributed by atoms with Gasteiger partial charge in [0.1, 0.15) is 5.82 Å². The van der Waals surface area contributed by atoms with Gasteiger partial charge in [-0.2, -0.15) is 0 Å². The van der Waals surface area contributed by atoms with Crippen molar-refractivity contribution in [2.75, 3.05) is 18.5 Å². The molecule has 0 radical (unpaired) electrons. The number of fused-ring (bicyclic) bond motifs is 1. The summed E-state index contributed by atoms with van der Waals surface area (Å²) in [6.07, 6.45) is 1.59. The number of benzene rings is 1. The predicted molar refractivity (Wildman–Crippen MR) is 108 cm³/mol. The summed E-state index contributed by atoms with van der Waals surface area (Å²) in [6.45, 7) is 4.76. The van der Waals surface area contributed by atoms with Crippen molar-refractivity contribution < 1.29 is 14.2 Å². The number of hydrogen-bond acceptors (Lipinski definition) is 6. The SMILES string of the molecule is CC(C)n1c(-c2ccnc(N[C@@H]3CCOC[C@H]3O)n2)cc(=O)c2c(F)cccc21. The molecule has 1 fully saturated rings. The van der Waals surface area contributed by atoms with Crippen LogP contribution in [0.25, 0.3) is 22.3 Å². The van der Waals surface area contributed by atoms with Gasteiger partial charge < -0.3 is 19.7 Å². The van der Waals surface area contributed by atoms with Crippen molar-refractivity contribution in [3.05, 3.63) is 52.6 Å². The van der Waals surface area contributed by atoms with Crippen LogP contribution >= 0.6 is 0 Å². The molecule has 8 heteroatoms. The number of aliphatic hydroxyl groups is 1. The van der Waals surface area contributed by atoms with Gasteiger partial charge in [0.25, 0.3) is 0 Å². The zero-order valence-electron chi connectivity index (χ0n) is 16.3. The topological polar surface area (TPSA) is 89.3 Å². The van der Waals surface area contributed by atoms with E-state index in [9.17, 15) is 14.3 Å². The summed E-state index contributed by atoms with van der Waals surface area (Å²) in [5.41, 5.74) is 1.26. The summed E-state index contributed by atoms with van der Waals surface area (Å²) in [7, 11) is 0. The minimum Gasteiger partial charge on any atom is -0.389 e. The van der Waals surface area contributed by atoms with Gasteiger partial charge in [-0.15, -0.1) is 0 Å². The molecule has 152 valence electrons. The van der Waals surface area contributed by atoms with E-state index < -0.39 is 17.3 Å². The van der Waals surface area contributed by atoms with Crippen LogP contribution in [0.2, 0.25) is 0 Å². The lowest BCUT2D eigenvalue weighted by Crippen LogP contribution is -2.42. The Morgan fingerprint density at radius 1 is 1.34 bits per heavy atom. The van der Waals surface area contributed by atoms with Gasteiger partial charge in [0.15, 0.2) is 5.43 Å². The molecule has 1 saturated heterocycles. The molecule has 4 rings (SSSR count). The van der Waals surface area contributed by atoms with Crippen LogP contribution in [0.4, 0.5) is 10.3 Å². The van der Waals surface area contributed by atoms with Crippen LogP contribution in [0.15, 0.2) is 41.3 Å². The van der Waals surface area contributed by atoms with E-state index in [0.29, 0.717) is 35.9 Å². The third-order valence-corrected chi connectivity index (χ3v) is 5.10. The number of nitrogens with zero attached hydrogens (tertiary/aromatic N) is 3. The van der Waals surface area contributed by atoms with E-state index in [1.807, 2.05) is 18.4 Å². The Kier molecular flexibility index (Phi) is 5.29. The molecule has 0 aliphatic carbocycles. The molecule has 1 aliphatic heterocycles. The minimum atomic E-state index is -0.645. The Bertz CT molecular complexity index is 1100. The summed E-state index contributed by atoms with van der Waals surface area (Å²) in [4.78, 5) is 21.5. The van der Waals surface area contributed by atoms with Gasteiger partial charge in [0.05, 0.1) is 41.0 Å². The van der Waals surface area contributed by atoms with Crippen LogP contribution in [0, 0.1) is 5.82 Å². The first kappa shape index (κ1) is 19.5. The first-order valence-electron chi connectivity index (χ1n) is 9.65. The highest BCUT2D eigenvalue weighted by molar-refractivity contribution is 5.83. The van der Waals surface area contributed by atoms with Gasteiger partial charge in [-0.05, 0) is 38.5 Å². The fourth-order valence-corrected chi connectivity index (χ4v) is 3.73. The number of anilines is 1. The Morgan fingerprint density at radius 3 is 2.93 bits per heavy atom. The normalized spacial score (nSPS) is 19.6. The number of hydrogen-bond donors (Lipinski definition) is 2. The van der Waals surface area contributed by atoms with Crippen molar-refractivity contribution in [1.29, 1.82) is 0 Å². The highest BCUT2D eigenvalue weighted by atomic mass is 19.1. The quantitative estimate of drug-likeness (QED) is 0.703. The molecule has 3 heterocycles. The van der Waals surface area contributed by atoms with Crippen molar-refractivity contribution in [1.82, 2.24) is 14.5 Å². The monoisotopic (exact) mass is 398 g/mol. The van der Waals surface area contributed by atoms with Gasteiger partial charge in [0.2, 0.25) is 5.95 Å². The second-order valence-corrected chi connectivity index (χ2v) is 7.44. The molecule has 0 bridgehead atoms. The second kappa shape index (κ2) is 7.88. The molecule has 7 nitrogen and oxygen atoms in total. The first-order valence-corrected chi connectivity index (χ1v) is 9.65. The van der Waals surface area contributed by atoms with Crippen LogP contribution < -0.4 is 10.7 Å². The number of ether oxygens (including phenoxy) is 1. The van der Waals surface area contributed by atoms with E-state index in [1.165, 1.54) is 12.1 Å². The lowest BCUT2D eigenvalue weighted by Gasteiger charge is -2.28. The number of aromatic nitrogens is 3. The van der Waals surface area contributed by atoms with Gasteiger partial charge in [-0.3, -0.25) is 4.79 Å². The highest BCUT2D eigenvalue weighted by Gasteiger charge is 2.24. The third-order valence-electron chi connectivity index (χ3n) is 5.10. The van der Waals surface area contributed by atoms with E-state index in [2.05, 4.69) is 15.3 Å². The van der Waals surface area contributed by atoms with E-state index in [-0.39, 0.29) is 24.1 Å². The summed E-state index contributed by atoms with van der Waals surface area (Å²) >= 11 is 0. The van der Waals surface area contributed by atoms with Crippen molar-refractivity contribution >= 4 is 16.9 Å². The number of aliphatic hydroxyl groups excluding tert-OH is 1. The number of rotatable bonds is 4. The predicted octanol–water partition coefficient (Wildman–Crippen LogP) is 2.74. The second-order valence-electron chi connectivity index (χ2n) is 7.44. The molecule has 2 atom stereocenters. The number of pyridine rings is 1. The van der Waals surface area contributed by atoms with Crippen LogP contribution in [-0.4, -0.2) is 45.0 Å². The van der Waals surface area contributed by atoms with Crippen LogP contribution in [0.5, 0.6) is 0 Å². The van der Waals surface area contributed by atoms with Gasteiger partial charge in [-0.25, -0.2) is 14.4 Å². The Hall–Kier alpha value is -2.84. The molecule has 2 N–H and O–H groups in total. The lowest BCUT2D eigenvalue weighted by molar-refractivity contribution is -0.0136. The van der Waals surface area contributed by atoms with Gasteiger partial charge in [-0.1, -0.05) is 6.07 Å². The average Bonchev–Trinajstić information content (AvgIpc) is 2.69. The maximum absolute atomic E-state index is 14.3. The fourth-order valence-electron chi connectivity index (χ4n) is 3.73. The van der Waals surface area contributed by atoms with Crippen molar-refractivity contribution in [2.24, 2.45) is 0 Å². The first-order chi connectivity index (χ1) is 14.0. The van der Waals surface area contributed by atoms with Gasteiger partial charge in [0, 0.05) is 24.9 Å². The van der Waals surface area contributed by atoms with Crippen molar-refractivity contribution in [2.45, 2.75) is 38.5 Å². The molecule has 2 aromatic heterocycles.